The van der Waals surface area contributed by atoms with Gasteiger partial charge in [0.2, 0.25) is 0 Å². The number of likely N-dealkylation sites (tertiary alicyclic amines) is 1. The molecule has 2 N–H and O–H groups in total. The third kappa shape index (κ3) is 4.17. The van der Waals surface area contributed by atoms with E-state index in [0.29, 0.717) is 37.3 Å². The zero-order valence-electron chi connectivity index (χ0n) is 14.0. The quantitative estimate of drug-likeness (QED) is 0.899. The van der Waals surface area contributed by atoms with Crippen LogP contribution in [0.25, 0.3) is 0 Å². The molecule has 7 heteroatoms. The Morgan fingerprint density at radius 3 is 2.40 bits per heavy atom. The number of nitrogens with zero attached hydrogens (tertiary/aromatic N) is 2. The Kier molecular flexibility index (Phi) is 5.02. The molecule has 25 heavy (non-hydrogen) atoms. The molecule has 6 nitrogen and oxygen atoms in total. The van der Waals surface area contributed by atoms with Crippen molar-refractivity contribution in [2.45, 2.75) is 18.9 Å². The molecule has 2 aromatic rings. The molecule has 1 fully saturated rings. The second-order valence-corrected chi connectivity index (χ2v) is 6.18. The first-order valence-electron chi connectivity index (χ1n) is 8.26. The average molecular weight is 344 g/mol. The molecule has 2 heterocycles. The highest BCUT2D eigenvalue weighted by Gasteiger charge is 2.24. The fourth-order valence-corrected chi connectivity index (χ4v) is 2.92. The lowest BCUT2D eigenvalue weighted by Gasteiger charge is -2.32. The van der Waals surface area contributed by atoms with E-state index in [1.165, 1.54) is 24.3 Å². The van der Waals surface area contributed by atoms with Crippen molar-refractivity contribution in [1.82, 2.24) is 14.8 Å². The molecule has 1 aliphatic rings. The Bertz CT molecular complexity index is 749. The fraction of sp³-hybridized carbons (Fsp3) is 0.333. The molecule has 0 spiro atoms. The third-order valence-corrected chi connectivity index (χ3v) is 4.39. The number of hydrogen-bond acceptors (Lipinski definition) is 2. The summed E-state index contributed by atoms with van der Waals surface area (Å²) in [4.78, 5) is 26.2. The topological polar surface area (TPSA) is 66.4 Å². The average Bonchev–Trinajstić information content (AvgIpc) is 3.04. The van der Waals surface area contributed by atoms with Crippen molar-refractivity contribution >= 4 is 17.6 Å². The van der Waals surface area contributed by atoms with Gasteiger partial charge < -0.3 is 20.1 Å². The van der Waals surface area contributed by atoms with Gasteiger partial charge in [-0.3, -0.25) is 4.79 Å². The van der Waals surface area contributed by atoms with Crippen molar-refractivity contribution in [3.05, 3.63) is 54.1 Å². The molecular weight excluding hydrogens is 323 g/mol. The minimum Gasteiger partial charge on any atom is -0.348 e. The Balaban J connectivity index is 1.48. The molecule has 0 saturated carbocycles. The zero-order valence-corrected chi connectivity index (χ0v) is 14.0. The number of carbonyl (C=O) groups excluding carboxylic acids is 2. The van der Waals surface area contributed by atoms with Crippen LogP contribution in [0.1, 0.15) is 23.3 Å². The zero-order chi connectivity index (χ0) is 17.8. The summed E-state index contributed by atoms with van der Waals surface area (Å²) in [7, 11) is 1.83. The molecule has 1 aliphatic heterocycles. The monoisotopic (exact) mass is 344 g/mol. The summed E-state index contributed by atoms with van der Waals surface area (Å²) in [6.45, 7) is 1.12. The maximum Gasteiger partial charge on any atom is 0.321 e. The number of benzene rings is 1. The summed E-state index contributed by atoms with van der Waals surface area (Å²) in [6.07, 6.45) is 3.23. The van der Waals surface area contributed by atoms with Gasteiger partial charge in [0.05, 0.1) is 0 Å². The van der Waals surface area contributed by atoms with Gasteiger partial charge >= 0.3 is 6.03 Å². The minimum atomic E-state index is -0.340. The molecule has 1 aromatic heterocycles. The van der Waals surface area contributed by atoms with Crippen LogP contribution in [0.2, 0.25) is 0 Å². The highest BCUT2D eigenvalue weighted by molar-refractivity contribution is 5.93. The summed E-state index contributed by atoms with van der Waals surface area (Å²) < 4.78 is 14.7. The Labute approximate surface area is 145 Å². The smallest absolute Gasteiger partial charge is 0.321 e. The number of hydrogen-bond donors (Lipinski definition) is 2. The number of rotatable bonds is 3. The first-order chi connectivity index (χ1) is 12.0. The number of amides is 3. The van der Waals surface area contributed by atoms with E-state index in [1.54, 1.807) is 15.5 Å². The van der Waals surface area contributed by atoms with Crippen LogP contribution in [0, 0.1) is 5.82 Å². The maximum atomic E-state index is 12.9. The molecule has 0 atom stereocenters. The predicted molar refractivity (Wildman–Crippen MR) is 92.9 cm³/mol. The van der Waals surface area contributed by atoms with Gasteiger partial charge in [0.1, 0.15) is 11.5 Å². The normalized spacial score (nSPS) is 15.0. The Hall–Kier alpha value is -2.83. The van der Waals surface area contributed by atoms with E-state index < -0.39 is 0 Å². The van der Waals surface area contributed by atoms with E-state index in [-0.39, 0.29) is 23.8 Å². The molecule has 0 unspecified atom stereocenters. The van der Waals surface area contributed by atoms with Crippen molar-refractivity contribution in [1.29, 1.82) is 0 Å². The number of carbonyl (C=O) groups is 2. The standard InChI is InChI=1S/C18H21FN4O2/c1-22-10-2-3-16(22)17(24)20-15-8-11-23(12-9-15)18(25)21-14-6-4-13(19)5-7-14/h2-7,10,15H,8-9,11-12H2,1H3,(H,20,24)(H,21,25). The molecule has 3 rings (SSSR count). The number of anilines is 1. The first kappa shape index (κ1) is 17.0. The minimum absolute atomic E-state index is 0.0530. The van der Waals surface area contributed by atoms with Crippen LogP contribution in [0.15, 0.2) is 42.6 Å². The largest absolute Gasteiger partial charge is 0.348 e. The van der Waals surface area contributed by atoms with Crippen molar-refractivity contribution in [3.63, 3.8) is 0 Å². The molecule has 3 amide bonds. The number of aromatic nitrogens is 1. The highest BCUT2D eigenvalue weighted by Crippen LogP contribution is 2.14. The second-order valence-electron chi connectivity index (χ2n) is 6.18. The van der Waals surface area contributed by atoms with Crippen LogP contribution < -0.4 is 10.6 Å². The molecule has 132 valence electrons. The number of piperidine rings is 1. The van der Waals surface area contributed by atoms with Crippen LogP contribution in [0.4, 0.5) is 14.9 Å². The van der Waals surface area contributed by atoms with Gasteiger partial charge in [-0.25, -0.2) is 9.18 Å². The van der Waals surface area contributed by atoms with Gasteiger partial charge in [-0.15, -0.1) is 0 Å². The van der Waals surface area contributed by atoms with E-state index in [4.69, 9.17) is 0 Å². The summed E-state index contributed by atoms with van der Waals surface area (Å²) in [5.41, 5.74) is 1.18. The lowest BCUT2D eigenvalue weighted by atomic mass is 10.1. The highest BCUT2D eigenvalue weighted by atomic mass is 19.1. The van der Waals surface area contributed by atoms with Gasteiger partial charge in [0.25, 0.3) is 5.91 Å². The van der Waals surface area contributed by atoms with Crippen molar-refractivity contribution in [3.8, 4) is 0 Å². The Morgan fingerprint density at radius 1 is 1.12 bits per heavy atom. The second kappa shape index (κ2) is 7.38. The Morgan fingerprint density at radius 2 is 1.80 bits per heavy atom. The molecule has 0 bridgehead atoms. The molecule has 1 aromatic carbocycles. The number of halogens is 1. The number of urea groups is 1. The summed E-state index contributed by atoms with van der Waals surface area (Å²) in [5, 5.41) is 5.77. The van der Waals surface area contributed by atoms with Crippen molar-refractivity contribution < 1.29 is 14.0 Å². The first-order valence-corrected chi connectivity index (χ1v) is 8.26. The molecule has 1 saturated heterocycles. The van der Waals surface area contributed by atoms with Crippen molar-refractivity contribution in [2.24, 2.45) is 7.05 Å². The fourth-order valence-electron chi connectivity index (χ4n) is 2.92. The SMILES string of the molecule is Cn1cccc1C(=O)NC1CCN(C(=O)Nc2ccc(F)cc2)CC1. The summed E-state index contributed by atoms with van der Waals surface area (Å²) >= 11 is 0. The van der Waals surface area contributed by atoms with E-state index in [0.717, 1.165) is 0 Å². The van der Waals surface area contributed by atoms with Gasteiger partial charge in [0, 0.05) is 38.1 Å². The molecule has 0 radical (unpaired) electrons. The number of nitrogens with one attached hydrogen (secondary N) is 2. The van der Waals surface area contributed by atoms with Crippen LogP contribution in [0.5, 0.6) is 0 Å². The molecule has 0 aliphatic carbocycles. The van der Waals surface area contributed by atoms with E-state index >= 15 is 0 Å². The van der Waals surface area contributed by atoms with Gasteiger partial charge in [-0.2, -0.15) is 0 Å². The summed E-state index contributed by atoms with van der Waals surface area (Å²) in [6, 6.07) is 9.12. The number of aryl methyl sites for hydroxylation is 1. The van der Waals surface area contributed by atoms with E-state index in [2.05, 4.69) is 10.6 Å². The van der Waals surface area contributed by atoms with Gasteiger partial charge in [-0.05, 0) is 49.2 Å². The summed E-state index contributed by atoms with van der Waals surface area (Å²) in [5.74, 6) is -0.436. The van der Waals surface area contributed by atoms with E-state index in [9.17, 15) is 14.0 Å². The third-order valence-electron chi connectivity index (χ3n) is 4.39. The predicted octanol–water partition coefficient (Wildman–Crippen LogP) is 2.59. The lowest BCUT2D eigenvalue weighted by Crippen LogP contribution is -2.47. The van der Waals surface area contributed by atoms with E-state index in [1.807, 2.05) is 19.3 Å². The van der Waals surface area contributed by atoms with Crippen LogP contribution in [0.3, 0.4) is 0 Å². The van der Waals surface area contributed by atoms with Gasteiger partial charge in [-0.1, -0.05) is 0 Å². The molecular formula is C18H21FN4O2. The maximum absolute atomic E-state index is 12.9. The van der Waals surface area contributed by atoms with Crippen LogP contribution >= 0.6 is 0 Å². The van der Waals surface area contributed by atoms with Gasteiger partial charge in [0.15, 0.2) is 0 Å². The van der Waals surface area contributed by atoms with Crippen molar-refractivity contribution in [2.75, 3.05) is 18.4 Å². The lowest BCUT2D eigenvalue weighted by molar-refractivity contribution is 0.0911. The van der Waals surface area contributed by atoms with Crippen LogP contribution in [-0.2, 0) is 7.05 Å². The van der Waals surface area contributed by atoms with Crippen LogP contribution in [-0.4, -0.2) is 40.5 Å².